The molecule has 0 fully saturated rings. The minimum absolute atomic E-state index is 0.0123. The zero-order valence-corrected chi connectivity index (χ0v) is 15.5. The maximum Gasteiger partial charge on any atom is 0.278 e. The minimum Gasteiger partial charge on any atom is -0.383 e. The average Bonchev–Trinajstić information content (AvgIpc) is 2.70. The molecule has 2 aromatic rings. The molecule has 6 N–H and O–H groups in total. The number of hydrogen-bond donors (Lipinski definition) is 5. The number of nitrogen functional groups attached to an aromatic ring is 1. The topological polar surface area (TPSA) is 145 Å². The van der Waals surface area contributed by atoms with Crippen LogP contribution < -0.4 is 32.1 Å². The first-order valence-electron chi connectivity index (χ1n) is 9.03. The first-order valence-corrected chi connectivity index (χ1v) is 9.03. The number of nitrogens with one attached hydrogen (secondary N) is 4. The van der Waals surface area contributed by atoms with Crippen molar-refractivity contribution in [3.63, 3.8) is 0 Å². The molecule has 28 heavy (non-hydrogen) atoms. The lowest BCUT2D eigenvalue weighted by molar-refractivity contribution is -0.107. The van der Waals surface area contributed by atoms with Crippen molar-refractivity contribution in [2.75, 3.05) is 40.9 Å². The van der Waals surface area contributed by atoms with Crippen molar-refractivity contribution in [2.45, 2.75) is 19.4 Å². The molecule has 1 atom stereocenters. The number of nitrogens with zero attached hydrogens (tertiary/aromatic N) is 2. The summed E-state index contributed by atoms with van der Waals surface area (Å²) in [4.78, 5) is 43.5. The number of benzene rings is 1. The Morgan fingerprint density at radius 1 is 1.39 bits per heavy atom. The Morgan fingerprint density at radius 2 is 2.14 bits per heavy atom. The first kappa shape index (κ1) is 19.2. The van der Waals surface area contributed by atoms with E-state index in [-0.39, 0.29) is 29.4 Å². The number of fused-ring (bicyclic) bond motifs is 1. The molecule has 2 heterocycles. The van der Waals surface area contributed by atoms with Crippen molar-refractivity contribution in [3.8, 4) is 0 Å². The molecule has 148 valence electrons. The largest absolute Gasteiger partial charge is 0.383 e. The number of carbonyl (C=O) groups excluding carboxylic acids is 2. The number of anilines is 4. The number of H-pyrrole nitrogens is 1. The van der Waals surface area contributed by atoms with Gasteiger partial charge in [0.1, 0.15) is 0 Å². The summed E-state index contributed by atoms with van der Waals surface area (Å²) in [5.41, 5.74) is 6.59. The zero-order chi connectivity index (χ0) is 20.1. The summed E-state index contributed by atoms with van der Waals surface area (Å²) in [7, 11) is 0. The molecule has 3 rings (SSSR count). The summed E-state index contributed by atoms with van der Waals surface area (Å²) < 4.78 is 0. The average molecular weight is 385 g/mol. The van der Waals surface area contributed by atoms with Crippen LogP contribution >= 0.6 is 0 Å². The molecule has 1 aliphatic rings. The minimum atomic E-state index is -0.478. The second-order valence-electron chi connectivity index (χ2n) is 6.41. The zero-order valence-electron chi connectivity index (χ0n) is 15.5. The van der Waals surface area contributed by atoms with Crippen LogP contribution in [0, 0.1) is 0 Å². The van der Waals surface area contributed by atoms with Crippen LogP contribution in [-0.2, 0) is 4.79 Å². The lowest BCUT2D eigenvalue weighted by atomic mass is 10.1. The molecule has 0 aliphatic carbocycles. The molecule has 0 bridgehead atoms. The summed E-state index contributed by atoms with van der Waals surface area (Å²) in [5.74, 6) is 0.161. The fourth-order valence-corrected chi connectivity index (χ4v) is 2.97. The van der Waals surface area contributed by atoms with E-state index in [0.29, 0.717) is 31.6 Å². The van der Waals surface area contributed by atoms with Crippen LogP contribution in [0.1, 0.15) is 23.7 Å². The first-order chi connectivity index (χ1) is 13.5. The second kappa shape index (κ2) is 8.42. The summed E-state index contributed by atoms with van der Waals surface area (Å²) in [6, 6.07) is 6.76. The number of carbonyl (C=O) groups is 2. The predicted molar refractivity (Wildman–Crippen MR) is 108 cm³/mol. The van der Waals surface area contributed by atoms with Gasteiger partial charge in [0.15, 0.2) is 11.5 Å². The standard InChI is InChI=1S/C18H23N7O3/c1-2-7-20-16(27)11-3-5-12(6-4-11)21-8-13-9-22-15-14(25(13)10-26)17(28)24-18(19)23-15/h3-6,10,13,21H,2,7-9H2,1H3,(H,20,27)(H4,19,22,23,24,28). The van der Waals surface area contributed by atoms with Crippen molar-refractivity contribution >= 4 is 35.5 Å². The van der Waals surface area contributed by atoms with Crippen LogP contribution in [0.25, 0.3) is 0 Å². The fraction of sp³-hybridized carbons (Fsp3) is 0.333. The molecule has 0 saturated heterocycles. The summed E-state index contributed by atoms with van der Waals surface area (Å²) >= 11 is 0. The molecular weight excluding hydrogens is 362 g/mol. The smallest absolute Gasteiger partial charge is 0.278 e. The van der Waals surface area contributed by atoms with Gasteiger partial charge in [-0.15, -0.1) is 0 Å². The van der Waals surface area contributed by atoms with Crippen molar-refractivity contribution in [3.05, 3.63) is 40.2 Å². The number of aromatic amines is 1. The fourth-order valence-electron chi connectivity index (χ4n) is 2.97. The molecule has 1 aliphatic heterocycles. The van der Waals surface area contributed by atoms with Gasteiger partial charge in [0.05, 0.1) is 6.04 Å². The quantitative estimate of drug-likeness (QED) is 0.433. The van der Waals surface area contributed by atoms with Crippen LogP contribution in [0.3, 0.4) is 0 Å². The SMILES string of the molecule is CCCNC(=O)c1ccc(NCC2CNc3nc(N)[nH]c(=O)c3N2C=O)cc1. The van der Waals surface area contributed by atoms with Gasteiger partial charge in [-0.2, -0.15) is 4.98 Å². The molecule has 10 nitrogen and oxygen atoms in total. The van der Waals surface area contributed by atoms with E-state index >= 15 is 0 Å². The van der Waals surface area contributed by atoms with Crippen LogP contribution in [0.5, 0.6) is 0 Å². The van der Waals surface area contributed by atoms with Crippen LogP contribution in [0.15, 0.2) is 29.1 Å². The summed E-state index contributed by atoms with van der Waals surface area (Å²) in [6.45, 7) is 3.44. The van der Waals surface area contributed by atoms with Gasteiger partial charge in [0, 0.05) is 30.9 Å². The molecule has 2 amide bonds. The predicted octanol–water partition coefficient (Wildman–Crippen LogP) is 0.361. The Labute approximate surface area is 161 Å². The van der Waals surface area contributed by atoms with Crippen LogP contribution in [0.4, 0.5) is 23.1 Å². The van der Waals surface area contributed by atoms with Crippen molar-refractivity contribution < 1.29 is 9.59 Å². The Balaban J connectivity index is 1.67. The summed E-state index contributed by atoms with van der Waals surface area (Å²) in [5, 5.41) is 9.08. The molecule has 1 unspecified atom stereocenters. The molecule has 0 saturated carbocycles. The van der Waals surface area contributed by atoms with E-state index in [0.717, 1.165) is 12.1 Å². The number of rotatable bonds is 7. The van der Waals surface area contributed by atoms with E-state index in [4.69, 9.17) is 5.73 Å². The molecule has 0 radical (unpaired) electrons. The van der Waals surface area contributed by atoms with E-state index in [1.54, 1.807) is 24.3 Å². The van der Waals surface area contributed by atoms with Gasteiger partial charge in [0.2, 0.25) is 12.4 Å². The molecule has 1 aromatic carbocycles. The van der Waals surface area contributed by atoms with Gasteiger partial charge in [-0.3, -0.25) is 19.4 Å². The maximum absolute atomic E-state index is 12.2. The number of hydrogen-bond acceptors (Lipinski definition) is 7. The van der Waals surface area contributed by atoms with Crippen molar-refractivity contribution in [1.29, 1.82) is 0 Å². The number of nitrogens with two attached hydrogens (primary N) is 1. The van der Waals surface area contributed by atoms with Gasteiger partial charge in [0.25, 0.3) is 11.5 Å². The Kier molecular flexibility index (Phi) is 5.78. The Morgan fingerprint density at radius 3 is 2.82 bits per heavy atom. The molecule has 1 aromatic heterocycles. The molecular formula is C18H23N7O3. The summed E-state index contributed by atoms with van der Waals surface area (Å²) in [6.07, 6.45) is 1.49. The van der Waals surface area contributed by atoms with E-state index in [1.165, 1.54) is 4.90 Å². The maximum atomic E-state index is 12.2. The van der Waals surface area contributed by atoms with Gasteiger partial charge in [-0.05, 0) is 30.7 Å². The lowest BCUT2D eigenvalue weighted by Crippen LogP contribution is -2.50. The van der Waals surface area contributed by atoms with Gasteiger partial charge >= 0.3 is 0 Å². The van der Waals surface area contributed by atoms with Crippen LogP contribution in [-0.4, -0.2) is 48.0 Å². The highest BCUT2D eigenvalue weighted by atomic mass is 16.2. The number of aromatic nitrogens is 2. The van der Waals surface area contributed by atoms with E-state index in [9.17, 15) is 14.4 Å². The van der Waals surface area contributed by atoms with Crippen molar-refractivity contribution in [2.24, 2.45) is 0 Å². The van der Waals surface area contributed by atoms with Gasteiger partial charge in [-0.1, -0.05) is 6.92 Å². The Bertz CT molecular complexity index is 910. The van der Waals surface area contributed by atoms with E-state index < -0.39 is 5.56 Å². The third-order valence-electron chi connectivity index (χ3n) is 4.41. The highest BCUT2D eigenvalue weighted by Gasteiger charge is 2.29. The van der Waals surface area contributed by atoms with Gasteiger partial charge in [-0.25, -0.2) is 0 Å². The van der Waals surface area contributed by atoms with E-state index in [2.05, 4.69) is 25.9 Å². The van der Waals surface area contributed by atoms with Gasteiger partial charge < -0.3 is 26.6 Å². The molecule has 10 heteroatoms. The Hall–Kier alpha value is -3.56. The third-order valence-corrected chi connectivity index (χ3v) is 4.41. The third kappa shape index (κ3) is 4.05. The van der Waals surface area contributed by atoms with Crippen LogP contribution in [0.2, 0.25) is 0 Å². The molecule has 0 spiro atoms. The highest BCUT2D eigenvalue weighted by Crippen LogP contribution is 2.25. The second-order valence-corrected chi connectivity index (χ2v) is 6.41. The number of amides is 2. The highest BCUT2D eigenvalue weighted by molar-refractivity contribution is 5.94. The van der Waals surface area contributed by atoms with E-state index in [1.807, 2.05) is 6.92 Å². The normalized spacial score (nSPS) is 15.3. The monoisotopic (exact) mass is 385 g/mol. The lowest BCUT2D eigenvalue weighted by Gasteiger charge is -2.34. The van der Waals surface area contributed by atoms with Crippen molar-refractivity contribution in [1.82, 2.24) is 15.3 Å².